The van der Waals surface area contributed by atoms with Gasteiger partial charge in [-0.05, 0) is 80.5 Å². The summed E-state index contributed by atoms with van der Waals surface area (Å²) in [4.78, 5) is 11.6. The molecule has 1 spiro atoms. The molecule has 0 N–H and O–H groups in total. The van der Waals surface area contributed by atoms with Crippen molar-refractivity contribution >= 4 is 5.97 Å². The van der Waals surface area contributed by atoms with Gasteiger partial charge in [0.05, 0.1) is 0 Å². The van der Waals surface area contributed by atoms with Gasteiger partial charge in [-0.3, -0.25) is 4.79 Å². The molecule has 2 nitrogen and oxygen atoms in total. The zero-order valence-corrected chi connectivity index (χ0v) is 16.4. The first-order chi connectivity index (χ1) is 12.5. The highest BCUT2D eigenvalue weighted by Crippen LogP contribution is 2.68. The summed E-state index contributed by atoms with van der Waals surface area (Å²) in [5.41, 5.74) is 0.677. The Balaban J connectivity index is 1.46. The normalized spacial score (nSPS) is 48.7. The summed E-state index contributed by atoms with van der Waals surface area (Å²) in [5.74, 6) is 11.4. The third-order valence-electron chi connectivity index (χ3n) is 9.22. The van der Waals surface area contributed by atoms with Gasteiger partial charge in [-0.15, -0.1) is 0 Å². The van der Waals surface area contributed by atoms with Crippen molar-refractivity contribution in [2.24, 2.45) is 40.4 Å². The highest BCUT2D eigenvalue weighted by atomic mass is 16.5. The molecule has 5 rings (SSSR count). The summed E-state index contributed by atoms with van der Waals surface area (Å²) in [7, 11) is 0. The molecule has 0 aromatic heterocycles. The van der Waals surface area contributed by atoms with Gasteiger partial charge in [-0.1, -0.05) is 31.6 Å². The summed E-state index contributed by atoms with van der Waals surface area (Å²) < 4.78 is 5.61. The molecule has 0 heterocycles. The van der Waals surface area contributed by atoms with E-state index in [2.05, 4.69) is 18.8 Å². The standard InChI is InChI=1S/C24H32O2/c1-16(25)26-22-7-5-14-24-15-12-19-18(20(24)10-11-21(22)24)9-8-17-6-3-4-13-23(17,19)2/h7,17-21H,3-4,6,8-13,15H2,1-2H3. The second-order valence-corrected chi connectivity index (χ2v) is 10.0. The highest BCUT2D eigenvalue weighted by Gasteiger charge is 2.62. The van der Waals surface area contributed by atoms with Crippen LogP contribution in [0.15, 0.2) is 11.8 Å². The second-order valence-electron chi connectivity index (χ2n) is 10.0. The van der Waals surface area contributed by atoms with Gasteiger partial charge in [0, 0.05) is 24.3 Å². The van der Waals surface area contributed by atoms with Gasteiger partial charge in [0.1, 0.15) is 5.76 Å². The molecule has 5 aliphatic rings. The Labute approximate surface area is 158 Å². The molecule has 0 saturated heterocycles. The molecule has 7 atom stereocenters. The fourth-order valence-corrected chi connectivity index (χ4v) is 8.22. The number of hydrogen-bond acceptors (Lipinski definition) is 2. The van der Waals surface area contributed by atoms with Crippen LogP contribution in [0.25, 0.3) is 0 Å². The van der Waals surface area contributed by atoms with Crippen molar-refractivity contribution in [2.45, 2.75) is 78.1 Å². The average Bonchev–Trinajstić information content (AvgIpc) is 3.01. The number of fused-ring (bicyclic) bond motifs is 4. The van der Waals surface area contributed by atoms with E-state index in [1.54, 1.807) is 0 Å². The van der Waals surface area contributed by atoms with Crippen molar-refractivity contribution < 1.29 is 9.53 Å². The fraction of sp³-hybridized carbons (Fsp3) is 0.792. The molecule has 140 valence electrons. The quantitative estimate of drug-likeness (QED) is 0.461. The van der Waals surface area contributed by atoms with Crippen LogP contribution in [0.3, 0.4) is 0 Å². The number of rotatable bonds is 1. The van der Waals surface area contributed by atoms with E-state index in [9.17, 15) is 4.79 Å². The third kappa shape index (κ3) is 2.22. The van der Waals surface area contributed by atoms with Crippen LogP contribution < -0.4 is 0 Å². The minimum Gasteiger partial charge on any atom is -0.430 e. The maximum absolute atomic E-state index is 11.6. The summed E-state index contributed by atoms with van der Waals surface area (Å²) in [6.45, 7) is 4.15. The molecule has 0 aliphatic heterocycles. The lowest BCUT2D eigenvalue weighted by Gasteiger charge is -2.60. The summed E-state index contributed by atoms with van der Waals surface area (Å²) in [6.07, 6.45) is 15.5. The van der Waals surface area contributed by atoms with Crippen molar-refractivity contribution in [3.05, 3.63) is 11.8 Å². The SMILES string of the molecule is CC(=O)OC1=CC#CC23CCC4C(CCC5CCCCC54C)C2CCC13. The molecular weight excluding hydrogens is 320 g/mol. The van der Waals surface area contributed by atoms with Crippen LogP contribution >= 0.6 is 0 Å². The smallest absolute Gasteiger partial charge is 0.307 e. The van der Waals surface area contributed by atoms with E-state index in [0.717, 1.165) is 35.9 Å². The molecule has 0 aromatic carbocycles. The first-order valence-electron chi connectivity index (χ1n) is 11.0. The summed E-state index contributed by atoms with van der Waals surface area (Å²) in [5, 5.41) is 0. The lowest BCUT2D eigenvalue weighted by Crippen LogP contribution is -2.53. The van der Waals surface area contributed by atoms with Crippen molar-refractivity contribution in [3.63, 3.8) is 0 Å². The van der Waals surface area contributed by atoms with Crippen molar-refractivity contribution in [1.82, 2.24) is 0 Å². The largest absolute Gasteiger partial charge is 0.430 e. The molecule has 4 fully saturated rings. The monoisotopic (exact) mass is 352 g/mol. The molecule has 0 bridgehead atoms. The predicted molar refractivity (Wildman–Crippen MR) is 102 cm³/mol. The Kier molecular flexibility index (Phi) is 3.83. The molecule has 0 radical (unpaired) electrons. The molecule has 5 aliphatic carbocycles. The Morgan fingerprint density at radius 2 is 1.96 bits per heavy atom. The Morgan fingerprint density at radius 1 is 1.08 bits per heavy atom. The van der Waals surface area contributed by atoms with Crippen LogP contribution in [0.5, 0.6) is 0 Å². The molecule has 4 saturated carbocycles. The van der Waals surface area contributed by atoms with Crippen molar-refractivity contribution in [1.29, 1.82) is 0 Å². The maximum atomic E-state index is 11.6. The first kappa shape index (κ1) is 16.9. The third-order valence-corrected chi connectivity index (χ3v) is 9.22. The molecule has 0 amide bonds. The second kappa shape index (κ2) is 5.88. The number of ether oxygens (including phenoxy) is 1. The summed E-state index contributed by atoms with van der Waals surface area (Å²) >= 11 is 0. The zero-order chi connectivity index (χ0) is 17.9. The lowest BCUT2D eigenvalue weighted by atomic mass is 9.44. The maximum Gasteiger partial charge on any atom is 0.307 e. The Morgan fingerprint density at radius 3 is 2.81 bits per heavy atom. The number of esters is 1. The molecule has 2 heteroatoms. The van der Waals surface area contributed by atoms with E-state index in [-0.39, 0.29) is 11.4 Å². The Bertz CT molecular complexity index is 709. The minimum atomic E-state index is -0.192. The summed E-state index contributed by atoms with van der Waals surface area (Å²) in [6, 6.07) is 0. The van der Waals surface area contributed by atoms with Gasteiger partial charge in [0.15, 0.2) is 0 Å². The van der Waals surface area contributed by atoms with Gasteiger partial charge in [0.2, 0.25) is 0 Å². The van der Waals surface area contributed by atoms with E-state index < -0.39 is 0 Å². The van der Waals surface area contributed by atoms with Crippen LogP contribution in [0, 0.1) is 52.3 Å². The van der Waals surface area contributed by atoms with Crippen molar-refractivity contribution in [3.8, 4) is 11.8 Å². The van der Waals surface area contributed by atoms with Crippen LogP contribution in [-0.2, 0) is 9.53 Å². The molecule has 0 aromatic rings. The molecule has 26 heavy (non-hydrogen) atoms. The van der Waals surface area contributed by atoms with Gasteiger partial charge in [-0.25, -0.2) is 0 Å². The van der Waals surface area contributed by atoms with Crippen LogP contribution in [-0.4, -0.2) is 5.97 Å². The van der Waals surface area contributed by atoms with Gasteiger partial charge >= 0.3 is 5.97 Å². The van der Waals surface area contributed by atoms with E-state index in [1.165, 1.54) is 64.7 Å². The number of allylic oxidation sites excluding steroid dienone is 2. The van der Waals surface area contributed by atoms with E-state index in [4.69, 9.17) is 4.74 Å². The topological polar surface area (TPSA) is 26.3 Å². The highest BCUT2D eigenvalue weighted by molar-refractivity contribution is 5.67. The Hall–Kier alpha value is -1.23. The van der Waals surface area contributed by atoms with E-state index >= 15 is 0 Å². The van der Waals surface area contributed by atoms with Crippen molar-refractivity contribution in [2.75, 3.05) is 0 Å². The van der Waals surface area contributed by atoms with E-state index in [1.807, 2.05) is 6.08 Å². The van der Waals surface area contributed by atoms with Gasteiger partial charge in [0.25, 0.3) is 0 Å². The van der Waals surface area contributed by atoms with Crippen LogP contribution in [0.2, 0.25) is 0 Å². The minimum absolute atomic E-state index is 0.0958. The van der Waals surface area contributed by atoms with Crippen LogP contribution in [0.1, 0.15) is 78.1 Å². The fourth-order valence-electron chi connectivity index (χ4n) is 8.22. The lowest BCUT2D eigenvalue weighted by molar-refractivity contribution is -0.139. The number of carbonyl (C=O) groups is 1. The predicted octanol–water partition coefficient (Wildman–Crippen LogP) is 5.48. The zero-order valence-electron chi connectivity index (χ0n) is 16.4. The van der Waals surface area contributed by atoms with Gasteiger partial charge < -0.3 is 4.74 Å². The number of carbonyl (C=O) groups excluding carboxylic acids is 1. The molecule has 7 unspecified atom stereocenters. The van der Waals surface area contributed by atoms with E-state index in [0.29, 0.717) is 11.3 Å². The molecular formula is C24H32O2. The average molecular weight is 353 g/mol. The number of hydrogen-bond donors (Lipinski definition) is 0. The van der Waals surface area contributed by atoms with Gasteiger partial charge in [-0.2, -0.15) is 0 Å². The first-order valence-corrected chi connectivity index (χ1v) is 11.0. The van der Waals surface area contributed by atoms with Crippen LogP contribution in [0.4, 0.5) is 0 Å².